The summed E-state index contributed by atoms with van der Waals surface area (Å²) in [6.45, 7) is 5.99. The molecule has 0 aromatic heterocycles. The predicted octanol–water partition coefficient (Wildman–Crippen LogP) is 2.24. The smallest absolute Gasteiger partial charge is 0.341 e. The Labute approximate surface area is 123 Å². The second-order valence-electron chi connectivity index (χ2n) is 4.89. The molecule has 20 heavy (non-hydrogen) atoms. The van der Waals surface area contributed by atoms with Gasteiger partial charge in [0.25, 0.3) is 5.91 Å². The molecule has 0 fully saturated rings. The third-order valence-electron chi connectivity index (χ3n) is 2.61. The second kappa shape index (κ2) is 7.14. The largest absolute Gasteiger partial charge is 0.449 e. The Hall–Kier alpha value is -1.75. The van der Waals surface area contributed by atoms with Gasteiger partial charge in [0.1, 0.15) is 0 Å². The molecule has 1 amide bonds. The van der Waals surface area contributed by atoms with E-state index >= 15 is 0 Å². The molecule has 0 aliphatic heterocycles. The zero-order valence-corrected chi connectivity index (χ0v) is 12.5. The number of carbonyl (C=O) groups is 2. The van der Waals surface area contributed by atoms with Gasteiger partial charge in [-0.15, -0.1) is 0 Å². The minimum Gasteiger partial charge on any atom is -0.449 e. The molecule has 1 atom stereocenters. The number of nitrogens with one attached hydrogen (secondary N) is 1. The van der Waals surface area contributed by atoms with Crippen molar-refractivity contribution >= 4 is 29.2 Å². The van der Waals surface area contributed by atoms with E-state index in [9.17, 15) is 9.59 Å². The summed E-state index contributed by atoms with van der Waals surface area (Å²) in [6.07, 6.45) is -0.889. The highest BCUT2D eigenvalue weighted by molar-refractivity contribution is 6.33. The average Bonchev–Trinajstić information content (AvgIpc) is 2.38. The van der Waals surface area contributed by atoms with Crippen molar-refractivity contribution in [3.05, 3.63) is 28.8 Å². The topological polar surface area (TPSA) is 81.4 Å². The first kappa shape index (κ1) is 16.3. The van der Waals surface area contributed by atoms with Gasteiger partial charge in [-0.2, -0.15) is 0 Å². The van der Waals surface area contributed by atoms with Gasteiger partial charge in [-0.05, 0) is 25.0 Å². The first-order chi connectivity index (χ1) is 9.32. The minimum absolute atomic E-state index is 0.147. The highest BCUT2D eigenvalue weighted by Crippen LogP contribution is 2.23. The normalized spacial score (nSPS) is 12.1. The highest BCUT2D eigenvalue weighted by atomic mass is 35.5. The Morgan fingerprint density at radius 2 is 2.00 bits per heavy atom. The van der Waals surface area contributed by atoms with E-state index < -0.39 is 12.1 Å². The predicted molar refractivity (Wildman–Crippen MR) is 78.6 cm³/mol. The number of halogens is 1. The molecule has 110 valence electrons. The van der Waals surface area contributed by atoms with E-state index in [0.717, 1.165) is 0 Å². The van der Waals surface area contributed by atoms with Crippen molar-refractivity contribution in [3.8, 4) is 0 Å². The maximum Gasteiger partial charge on any atom is 0.341 e. The molecule has 0 radical (unpaired) electrons. The molecule has 6 heteroatoms. The van der Waals surface area contributed by atoms with E-state index in [1.807, 2.05) is 13.8 Å². The summed E-state index contributed by atoms with van der Waals surface area (Å²) >= 11 is 5.83. The first-order valence-electron chi connectivity index (χ1n) is 6.35. The molecular weight excluding hydrogens is 280 g/mol. The van der Waals surface area contributed by atoms with Crippen molar-refractivity contribution in [2.24, 2.45) is 5.92 Å². The summed E-state index contributed by atoms with van der Waals surface area (Å²) in [7, 11) is 0. The van der Waals surface area contributed by atoms with Crippen LogP contribution in [0.1, 0.15) is 31.1 Å². The maximum atomic E-state index is 11.9. The van der Waals surface area contributed by atoms with Gasteiger partial charge >= 0.3 is 5.97 Å². The third kappa shape index (κ3) is 4.42. The summed E-state index contributed by atoms with van der Waals surface area (Å²) in [4.78, 5) is 23.7. The lowest BCUT2D eigenvalue weighted by atomic mass is 10.2. The number of nitrogens with two attached hydrogens (primary N) is 1. The van der Waals surface area contributed by atoms with Gasteiger partial charge in [0.05, 0.1) is 16.3 Å². The fourth-order valence-electron chi connectivity index (χ4n) is 1.44. The van der Waals surface area contributed by atoms with Crippen molar-refractivity contribution < 1.29 is 14.3 Å². The van der Waals surface area contributed by atoms with Crippen LogP contribution in [0.2, 0.25) is 5.02 Å². The number of esters is 1. The van der Waals surface area contributed by atoms with E-state index in [1.54, 1.807) is 12.1 Å². The van der Waals surface area contributed by atoms with E-state index in [0.29, 0.717) is 12.5 Å². The molecule has 1 unspecified atom stereocenters. The van der Waals surface area contributed by atoms with Gasteiger partial charge in [-0.3, -0.25) is 4.79 Å². The fourth-order valence-corrected chi connectivity index (χ4v) is 1.62. The fraction of sp³-hybridized carbons (Fsp3) is 0.429. The quantitative estimate of drug-likeness (QED) is 0.645. The van der Waals surface area contributed by atoms with Crippen LogP contribution in [-0.4, -0.2) is 24.5 Å². The van der Waals surface area contributed by atoms with Crippen LogP contribution in [0, 0.1) is 5.92 Å². The molecular formula is C14H19ClN2O3. The van der Waals surface area contributed by atoms with Crippen molar-refractivity contribution in [2.75, 3.05) is 12.3 Å². The van der Waals surface area contributed by atoms with Crippen LogP contribution < -0.4 is 11.1 Å². The SMILES string of the molecule is CC(C)CNC(=O)C(C)OC(=O)c1cccc(Cl)c1N. The maximum absolute atomic E-state index is 11.9. The van der Waals surface area contributed by atoms with Gasteiger partial charge in [0, 0.05) is 6.54 Å². The molecule has 1 aromatic carbocycles. The molecule has 0 saturated carbocycles. The number of amides is 1. The number of para-hydroxylation sites is 1. The molecule has 1 rings (SSSR count). The minimum atomic E-state index is -0.889. The van der Waals surface area contributed by atoms with Gasteiger partial charge in [0.2, 0.25) is 0 Å². The lowest BCUT2D eigenvalue weighted by Crippen LogP contribution is -2.37. The molecule has 1 aromatic rings. The molecule has 0 aliphatic carbocycles. The van der Waals surface area contributed by atoms with Crippen LogP contribution in [-0.2, 0) is 9.53 Å². The molecule has 0 saturated heterocycles. The van der Waals surface area contributed by atoms with Gasteiger partial charge in [-0.25, -0.2) is 4.79 Å². The Morgan fingerprint density at radius 1 is 1.35 bits per heavy atom. The number of benzene rings is 1. The number of hydrogen-bond donors (Lipinski definition) is 2. The van der Waals surface area contributed by atoms with E-state index in [2.05, 4.69) is 5.32 Å². The Balaban J connectivity index is 2.66. The van der Waals surface area contributed by atoms with Crippen LogP contribution in [0.5, 0.6) is 0 Å². The summed E-state index contributed by atoms with van der Waals surface area (Å²) in [5.74, 6) is -0.685. The van der Waals surface area contributed by atoms with E-state index in [-0.39, 0.29) is 22.2 Å². The number of nitrogen functional groups attached to an aromatic ring is 1. The highest BCUT2D eigenvalue weighted by Gasteiger charge is 2.20. The number of anilines is 1. The van der Waals surface area contributed by atoms with Gasteiger partial charge in [-0.1, -0.05) is 31.5 Å². The Bertz CT molecular complexity index is 503. The number of hydrogen-bond acceptors (Lipinski definition) is 4. The molecule has 3 N–H and O–H groups in total. The van der Waals surface area contributed by atoms with E-state index in [1.165, 1.54) is 13.0 Å². The lowest BCUT2D eigenvalue weighted by molar-refractivity contribution is -0.129. The zero-order chi connectivity index (χ0) is 15.3. The van der Waals surface area contributed by atoms with Crippen molar-refractivity contribution in [3.63, 3.8) is 0 Å². The summed E-state index contributed by atoms with van der Waals surface area (Å²) < 4.78 is 5.08. The molecule has 0 aliphatic rings. The summed E-state index contributed by atoms with van der Waals surface area (Å²) in [5, 5.41) is 2.97. The Kier molecular flexibility index (Phi) is 5.82. The Morgan fingerprint density at radius 3 is 2.60 bits per heavy atom. The van der Waals surface area contributed by atoms with Crippen LogP contribution in [0.25, 0.3) is 0 Å². The van der Waals surface area contributed by atoms with Crippen molar-refractivity contribution in [2.45, 2.75) is 26.9 Å². The van der Waals surface area contributed by atoms with Crippen LogP contribution in [0.3, 0.4) is 0 Å². The number of carbonyl (C=O) groups excluding carboxylic acids is 2. The molecule has 0 spiro atoms. The van der Waals surface area contributed by atoms with Gasteiger partial charge in [0.15, 0.2) is 6.10 Å². The number of rotatable bonds is 5. The second-order valence-corrected chi connectivity index (χ2v) is 5.29. The molecule has 0 bridgehead atoms. The van der Waals surface area contributed by atoms with Crippen LogP contribution in [0.15, 0.2) is 18.2 Å². The summed E-state index contributed by atoms with van der Waals surface area (Å²) in [6, 6.07) is 4.67. The third-order valence-corrected chi connectivity index (χ3v) is 2.94. The van der Waals surface area contributed by atoms with E-state index in [4.69, 9.17) is 22.1 Å². The first-order valence-corrected chi connectivity index (χ1v) is 6.73. The molecule has 5 nitrogen and oxygen atoms in total. The molecule has 0 heterocycles. The monoisotopic (exact) mass is 298 g/mol. The van der Waals surface area contributed by atoms with Crippen LogP contribution in [0.4, 0.5) is 5.69 Å². The van der Waals surface area contributed by atoms with Crippen molar-refractivity contribution in [1.29, 1.82) is 0 Å². The van der Waals surface area contributed by atoms with Gasteiger partial charge < -0.3 is 15.8 Å². The average molecular weight is 299 g/mol. The standard InChI is InChI=1S/C14H19ClN2O3/c1-8(2)7-17-13(18)9(3)20-14(19)10-5-4-6-11(15)12(10)16/h4-6,8-9H,7,16H2,1-3H3,(H,17,18). The van der Waals surface area contributed by atoms with Crippen molar-refractivity contribution in [1.82, 2.24) is 5.32 Å². The lowest BCUT2D eigenvalue weighted by Gasteiger charge is -2.15. The van der Waals surface area contributed by atoms with Crippen LogP contribution >= 0.6 is 11.6 Å². The summed E-state index contributed by atoms with van der Waals surface area (Å²) in [5.41, 5.74) is 6.00. The number of ether oxygens (including phenoxy) is 1. The zero-order valence-electron chi connectivity index (χ0n) is 11.8.